The molecule has 1 saturated heterocycles. The van der Waals surface area contributed by atoms with E-state index in [-0.39, 0.29) is 0 Å². The van der Waals surface area contributed by atoms with Crippen LogP contribution < -0.4 is 10.2 Å². The van der Waals surface area contributed by atoms with Gasteiger partial charge >= 0.3 is 0 Å². The fourth-order valence-electron chi connectivity index (χ4n) is 3.62. The van der Waals surface area contributed by atoms with Gasteiger partial charge in [-0.1, -0.05) is 12.8 Å². The summed E-state index contributed by atoms with van der Waals surface area (Å²) in [6.45, 7) is 2.13. The van der Waals surface area contributed by atoms with Crippen LogP contribution in [0.1, 0.15) is 37.7 Å². The quantitative estimate of drug-likeness (QED) is 0.887. The summed E-state index contributed by atoms with van der Waals surface area (Å²) in [5, 5.41) is 3.21. The number of anilines is 1. The lowest BCUT2D eigenvalue weighted by molar-refractivity contribution is 0.341. The molecule has 0 radical (unpaired) electrons. The van der Waals surface area contributed by atoms with Gasteiger partial charge < -0.3 is 10.2 Å². The van der Waals surface area contributed by atoms with Crippen LogP contribution in [-0.2, 0) is 6.54 Å². The van der Waals surface area contributed by atoms with Crippen LogP contribution in [0.2, 0.25) is 0 Å². The Morgan fingerprint density at radius 3 is 3.11 bits per heavy atom. The van der Waals surface area contributed by atoms with E-state index in [4.69, 9.17) is 0 Å². The zero-order valence-corrected chi connectivity index (χ0v) is 11.2. The second kappa shape index (κ2) is 5.27. The van der Waals surface area contributed by atoms with Crippen molar-refractivity contribution in [3.63, 3.8) is 0 Å². The molecule has 0 spiro atoms. The molecule has 2 heterocycles. The third-order valence-corrected chi connectivity index (χ3v) is 4.50. The van der Waals surface area contributed by atoms with E-state index in [9.17, 15) is 0 Å². The van der Waals surface area contributed by atoms with Crippen LogP contribution in [0.4, 0.5) is 5.82 Å². The number of hydrogen-bond acceptors (Lipinski definition) is 3. The second-order valence-corrected chi connectivity index (χ2v) is 5.65. The van der Waals surface area contributed by atoms with Crippen LogP contribution in [0.3, 0.4) is 0 Å². The molecule has 1 aliphatic heterocycles. The van der Waals surface area contributed by atoms with Gasteiger partial charge in [-0.05, 0) is 49.9 Å². The molecule has 1 saturated carbocycles. The molecule has 2 unspecified atom stereocenters. The molecule has 1 N–H and O–H groups in total. The Bertz CT molecular complexity index is 404. The number of rotatable bonds is 3. The van der Waals surface area contributed by atoms with E-state index >= 15 is 0 Å². The van der Waals surface area contributed by atoms with E-state index in [1.807, 2.05) is 13.2 Å². The average molecular weight is 245 g/mol. The largest absolute Gasteiger partial charge is 0.353 e. The summed E-state index contributed by atoms with van der Waals surface area (Å²) in [5.41, 5.74) is 1.33. The summed E-state index contributed by atoms with van der Waals surface area (Å²) in [5.74, 6) is 2.12. The fraction of sp³-hybridized carbons (Fsp3) is 0.667. The number of nitrogens with zero attached hydrogens (tertiary/aromatic N) is 2. The van der Waals surface area contributed by atoms with Gasteiger partial charge in [-0.2, -0.15) is 0 Å². The van der Waals surface area contributed by atoms with Crippen LogP contribution in [0.15, 0.2) is 18.3 Å². The summed E-state index contributed by atoms with van der Waals surface area (Å²) >= 11 is 0. The molecule has 3 heteroatoms. The zero-order chi connectivity index (χ0) is 12.4. The van der Waals surface area contributed by atoms with Crippen LogP contribution in [-0.4, -0.2) is 24.6 Å². The lowest BCUT2D eigenvalue weighted by atomic mass is 9.85. The van der Waals surface area contributed by atoms with Crippen molar-refractivity contribution in [1.29, 1.82) is 0 Å². The predicted octanol–water partition coefficient (Wildman–Crippen LogP) is 2.57. The monoisotopic (exact) mass is 245 g/mol. The zero-order valence-electron chi connectivity index (χ0n) is 11.2. The highest BCUT2D eigenvalue weighted by Gasteiger charge is 2.36. The van der Waals surface area contributed by atoms with E-state index in [2.05, 4.69) is 27.3 Å². The topological polar surface area (TPSA) is 28.2 Å². The minimum atomic E-state index is 0.760. The Labute approximate surface area is 110 Å². The number of aromatic nitrogens is 1. The van der Waals surface area contributed by atoms with E-state index < -0.39 is 0 Å². The number of hydrogen-bond donors (Lipinski definition) is 1. The first kappa shape index (κ1) is 12.0. The predicted molar refractivity (Wildman–Crippen MR) is 74.7 cm³/mol. The van der Waals surface area contributed by atoms with Crippen LogP contribution >= 0.6 is 0 Å². The van der Waals surface area contributed by atoms with Crippen LogP contribution in [0, 0.1) is 5.92 Å². The van der Waals surface area contributed by atoms with Gasteiger partial charge in [-0.3, -0.25) is 0 Å². The summed E-state index contributed by atoms with van der Waals surface area (Å²) < 4.78 is 0. The summed E-state index contributed by atoms with van der Waals surface area (Å²) in [6, 6.07) is 5.12. The molecule has 1 aromatic rings. The number of fused-ring (bicyclic) bond motifs is 1. The Morgan fingerprint density at radius 1 is 1.33 bits per heavy atom. The minimum absolute atomic E-state index is 0.760. The third kappa shape index (κ3) is 2.24. The Hall–Kier alpha value is -1.09. The van der Waals surface area contributed by atoms with Crippen molar-refractivity contribution in [2.45, 2.75) is 44.7 Å². The molecular weight excluding hydrogens is 222 g/mol. The SMILES string of the molecule is CNCc1ccnc(N2CCC3CCCCC32)c1. The van der Waals surface area contributed by atoms with Crippen molar-refractivity contribution in [2.24, 2.45) is 5.92 Å². The van der Waals surface area contributed by atoms with Crippen LogP contribution in [0.5, 0.6) is 0 Å². The van der Waals surface area contributed by atoms with Gasteiger partial charge in [-0.25, -0.2) is 4.98 Å². The molecule has 2 fully saturated rings. The maximum Gasteiger partial charge on any atom is 0.129 e. The maximum absolute atomic E-state index is 4.59. The number of pyridine rings is 1. The molecule has 3 rings (SSSR count). The van der Waals surface area contributed by atoms with Gasteiger partial charge in [0.15, 0.2) is 0 Å². The highest BCUT2D eigenvalue weighted by Crippen LogP contribution is 2.38. The standard InChI is InChI=1S/C15H23N3/c1-16-11-12-6-8-17-15(10-12)18-9-7-13-4-2-3-5-14(13)18/h6,8,10,13-14,16H,2-5,7,9,11H2,1H3. The van der Waals surface area contributed by atoms with Crippen molar-refractivity contribution in [3.05, 3.63) is 23.9 Å². The normalized spacial score (nSPS) is 27.3. The maximum atomic E-state index is 4.59. The van der Waals surface area contributed by atoms with Gasteiger partial charge in [0.25, 0.3) is 0 Å². The smallest absolute Gasteiger partial charge is 0.129 e. The molecule has 0 aromatic carbocycles. The Morgan fingerprint density at radius 2 is 2.22 bits per heavy atom. The van der Waals surface area contributed by atoms with Gasteiger partial charge in [0, 0.05) is 25.3 Å². The molecule has 1 aromatic heterocycles. The molecule has 98 valence electrons. The summed E-state index contributed by atoms with van der Waals surface area (Å²) in [6.07, 6.45) is 8.94. The van der Waals surface area contributed by atoms with Gasteiger partial charge in [-0.15, -0.1) is 0 Å². The van der Waals surface area contributed by atoms with Crippen molar-refractivity contribution in [2.75, 3.05) is 18.5 Å². The Kier molecular flexibility index (Phi) is 3.50. The van der Waals surface area contributed by atoms with E-state index in [0.29, 0.717) is 0 Å². The first-order valence-corrected chi connectivity index (χ1v) is 7.24. The van der Waals surface area contributed by atoms with Crippen LogP contribution in [0.25, 0.3) is 0 Å². The molecule has 3 nitrogen and oxygen atoms in total. The fourth-order valence-corrected chi connectivity index (χ4v) is 3.62. The summed E-state index contributed by atoms with van der Waals surface area (Å²) in [4.78, 5) is 7.15. The first-order chi connectivity index (χ1) is 8.88. The van der Waals surface area contributed by atoms with Crippen molar-refractivity contribution < 1.29 is 0 Å². The summed E-state index contributed by atoms with van der Waals surface area (Å²) in [7, 11) is 1.99. The van der Waals surface area contributed by atoms with E-state index in [0.717, 1.165) is 18.5 Å². The van der Waals surface area contributed by atoms with Crippen molar-refractivity contribution in [3.8, 4) is 0 Å². The van der Waals surface area contributed by atoms with E-state index in [1.54, 1.807) is 0 Å². The molecule has 0 amide bonds. The molecule has 0 bridgehead atoms. The minimum Gasteiger partial charge on any atom is -0.353 e. The molecule has 1 aliphatic carbocycles. The molecule has 2 atom stereocenters. The first-order valence-electron chi connectivity index (χ1n) is 7.24. The molecule has 18 heavy (non-hydrogen) atoms. The van der Waals surface area contributed by atoms with Gasteiger partial charge in [0.2, 0.25) is 0 Å². The lowest BCUT2D eigenvalue weighted by Crippen LogP contribution is -2.35. The Balaban J connectivity index is 1.79. The van der Waals surface area contributed by atoms with Gasteiger partial charge in [0.1, 0.15) is 5.82 Å². The second-order valence-electron chi connectivity index (χ2n) is 5.65. The van der Waals surface area contributed by atoms with Crippen molar-refractivity contribution in [1.82, 2.24) is 10.3 Å². The molecular formula is C15H23N3. The highest BCUT2D eigenvalue weighted by atomic mass is 15.2. The van der Waals surface area contributed by atoms with Gasteiger partial charge in [0.05, 0.1) is 0 Å². The van der Waals surface area contributed by atoms with E-state index in [1.165, 1.54) is 50.0 Å². The average Bonchev–Trinajstić information content (AvgIpc) is 2.83. The number of nitrogens with one attached hydrogen (secondary N) is 1. The molecule has 2 aliphatic rings. The van der Waals surface area contributed by atoms with Crippen molar-refractivity contribution >= 4 is 5.82 Å². The third-order valence-electron chi connectivity index (χ3n) is 4.50. The highest BCUT2D eigenvalue weighted by molar-refractivity contribution is 5.44. The lowest BCUT2D eigenvalue weighted by Gasteiger charge is -2.32.